The number of methoxy groups -OCH3 is 1. The lowest BCUT2D eigenvalue weighted by molar-refractivity contribution is 0.0719. The number of ether oxygens (including phenoxy) is 2. The highest BCUT2D eigenvalue weighted by Gasteiger charge is 1.96. The smallest absolute Gasteiger partial charge is 0.0700 e. The van der Waals surface area contributed by atoms with Gasteiger partial charge >= 0.3 is 0 Å². The Balaban J connectivity index is 1.98. The van der Waals surface area contributed by atoms with E-state index in [0.717, 1.165) is 19.6 Å². The molecule has 0 fully saturated rings. The molecule has 92 valence electrons. The second-order valence-corrected chi connectivity index (χ2v) is 3.49. The number of hydrogen-bond acceptors (Lipinski definition) is 4. The maximum absolute atomic E-state index is 5.33. The van der Waals surface area contributed by atoms with Crippen LogP contribution in [0.1, 0.15) is 12.5 Å². The van der Waals surface area contributed by atoms with Gasteiger partial charge in [0.15, 0.2) is 0 Å². The number of aromatic nitrogens is 2. The van der Waals surface area contributed by atoms with E-state index in [1.54, 1.807) is 7.11 Å². The molecule has 0 bridgehead atoms. The summed E-state index contributed by atoms with van der Waals surface area (Å²) < 4.78 is 12.1. The highest BCUT2D eigenvalue weighted by molar-refractivity contribution is 5.02. The van der Waals surface area contributed by atoms with Gasteiger partial charge in [-0.25, -0.2) is 0 Å². The van der Waals surface area contributed by atoms with Crippen LogP contribution in [0.5, 0.6) is 0 Å². The fourth-order valence-corrected chi connectivity index (χ4v) is 1.29. The molecule has 0 aromatic carbocycles. The summed E-state index contributed by atoms with van der Waals surface area (Å²) in [5.74, 6) is 0. The van der Waals surface area contributed by atoms with Gasteiger partial charge in [0.25, 0.3) is 0 Å². The van der Waals surface area contributed by atoms with Gasteiger partial charge in [-0.05, 0) is 6.92 Å². The Labute approximate surface area is 96.7 Å². The van der Waals surface area contributed by atoms with Crippen molar-refractivity contribution in [1.82, 2.24) is 15.1 Å². The largest absolute Gasteiger partial charge is 0.382 e. The lowest BCUT2D eigenvalue weighted by Gasteiger charge is -2.04. The Kier molecular flexibility index (Phi) is 6.80. The van der Waals surface area contributed by atoms with Gasteiger partial charge < -0.3 is 14.8 Å². The SMILES string of the molecule is CCn1cc(CNCCOCCOC)cn1. The molecule has 0 saturated carbocycles. The predicted octanol–water partition coefficient (Wildman–Crippen LogP) is 0.656. The third-order valence-electron chi connectivity index (χ3n) is 2.19. The van der Waals surface area contributed by atoms with Crippen LogP contribution in [0.3, 0.4) is 0 Å². The summed E-state index contributed by atoms with van der Waals surface area (Å²) in [7, 11) is 1.67. The molecule has 0 spiro atoms. The van der Waals surface area contributed by atoms with Gasteiger partial charge in [-0.2, -0.15) is 5.10 Å². The summed E-state index contributed by atoms with van der Waals surface area (Å²) in [6.07, 6.45) is 3.95. The molecule has 0 saturated heterocycles. The van der Waals surface area contributed by atoms with Gasteiger partial charge in [0, 0.05) is 38.5 Å². The summed E-state index contributed by atoms with van der Waals surface area (Å²) in [5.41, 5.74) is 1.21. The van der Waals surface area contributed by atoms with Gasteiger partial charge in [0.1, 0.15) is 0 Å². The van der Waals surface area contributed by atoms with Crippen molar-refractivity contribution in [3.05, 3.63) is 18.0 Å². The summed E-state index contributed by atoms with van der Waals surface area (Å²) >= 11 is 0. The van der Waals surface area contributed by atoms with E-state index in [9.17, 15) is 0 Å². The average Bonchev–Trinajstić information content (AvgIpc) is 2.76. The molecule has 0 aliphatic heterocycles. The van der Waals surface area contributed by atoms with Gasteiger partial charge in [0.2, 0.25) is 0 Å². The molecule has 0 amide bonds. The lowest BCUT2D eigenvalue weighted by atomic mass is 10.3. The van der Waals surface area contributed by atoms with Crippen molar-refractivity contribution < 1.29 is 9.47 Å². The quantitative estimate of drug-likeness (QED) is 0.629. The summed E-state index contributed by atoms with van der Waals surface area (Å²) in [4.78, 5) is 0. The summed E-state index contributed by atoms with van der Waals surface area (Å²) in [6, 6.07) is 0. The van der Waals surface area contributed by atoms with E-state index in [1.165, 1.54) is 5.56 Å². The molecule has 16 heavy (non-hydrogen) atoms. The van der Waals surface area contributed by atoms with E-state index in [0.29, 0.717) is 19.8 Å². The molecule has 0 atom stereocenters. The lowest BCUT2D eigenvalue weighted by Crippen LogP contribution is -2.19. The van der Waals surface area contributed by atoms with E-state index < -0.39 is 0 Å². The highest BCUT2D eigenvalue weighted by Crippen LogP contribution is 1.96. The van der Waals surface area contributed by atoms with E-state index in [1.807, 2.05) is 10.9 Å². The third-order valence-corrected chi connectivity index (χ3v) is 2.19. The predicted molar refractivity (Wildman–Crippen MR) is 62.3 cm³/mol. The molecular weight excluding hydrogens is 206 g/mol. The monoisotopic (exact) mass is 227 g/mol. The highest BCUT2D eigenvalue weighted by atomic mass is 16.5. The molecular formula is C11H21N3O2. The van der Waals surface area contributed by atoms with Crippen molar-refractivity contribution in [1.29, 1.82) is 0 Å². The maximum Gasteiger partial charge on any atom is 0.0700 e. The number of rotatable bonds is 9. The number of nitrogens with one attached hydrogen (secondary N) is 1. The van der Waals surface area contributed by atoms with Gasteiger partial charge in [-0.3, -0.25) is 4.68 Å². The number of hydrogen-bond donors (Lipinski definition) is 1. The summed E-state index contributed by atoms with van der Waals surface area (Å²) in [5, 5.41) is 7.50. The second-order valence-electron chi connectivity index (χ2n) is 3.49. The van der Waals surface area contributed by atoms with Crippen molar-refractivity contribution in [2.24, 2.45) is 0 Å². The van der Waals surface area contributed by atoms with Crippen LogP contribution in [-0.4, -0.2) is 43.3 Å². The van der Waals surface area contributed by atoms with Crippen LogP contribution in [0.15, 0.2) is 12.4 Å². The fourth-order valence-electron chi connectivity index (χ4n) is 1.29. The molecule has 1 heterocycles. The van der Waals surface area contributed by atoms with Crippen LogP contribution in [-0.2, 0) is 22.6 Å². The van der Waals surface area contributed by atoms with Crippen molar-refractivity contribution in [3.8, 4) is 0 Å². The first kappa shape index (κ1) is 13.2. The van der Waals surface area contributed by atoms with Gasteiger partial charge in [-0.1, -0.05) is 0 Å². The second kappa shape index (κ2) is 8.27. The van der Waals surface area contributed by atoms with Crippen LogP contribution in [0.2, 0.25) is 0 Å². The first-order valence-corrected chi connectivity index (χ1v) is 5.65. The zero-order valence-corrected chi connectivity index (χ0v) is 10.1. The Morgan fingerprint density at radius 1 is 1.38 bits per heavy atom. The Hall–Kier alpha value is -0.910. The number of nitrogens with zero attached hydrogens (tertiary/aromatic N) is 2. The minimum Gasteiger partial charge on any atom is -0.382 e. The molecule has 1 aromatic rings. The van der Waals surface area contributed by atoms with E-state index in [-0.39, 0.29) is 0 Å². The van der Waals surface area contributed by atoms with E-state index in [2.05, 4.69) is 23.5 Å². The molecule has 1 N–H and O–H groups in total. The normalized spacial score (nSPS) is 10.9. The van der Waals surface area contributed by atoms with Gasteiger partial charge in [0.05, 0.1) is 26.0 Å². The first-order chi connectivity index (χ1) is 7.86. The molecule has 1 aromatic heterocycles. The first-order valence-electron chi connectivity index (χ1n) is 5.65. The molecule has 1 rings (SSSR count). The topological polar surface area (TPSA) is 48.3 Å². The minimum atomic E-state index is 0.656. The molecule has 0 unspecified atom stereocenters. The summed E-state index contributed by atoms with van der Waals surface area (Å²) in [6.45, 7) is 6.71. The molecule has 5 nitrogen and oxygen atoms in total. The Bertz CT molecular complexity index is 276. The zero-order chi connectivity index (χ0) is 11.6. The third kappa shape index (κ3) is 5.25. The molecule has 0 radical (unpaired) electrons. The van der Waals surface area contributed by atoms with Crippen LogP contribution in [0.25, 0.3) is 0 Å². The van der Waals surface area contributed by atoms with Crippen molar-refractivity contribution in [2.45, 2.75) is 20.0 Å². The van der Waals surface area contributed by atoms with Crippen LogP contribution in [0.4, 0.5) is 0 Å². The van der Waals surface area contributed by atoms with E-state index >= 15 is 0 Å². The molecule has 0 aliphatic carbocycles. The van der Waals surface area contributed by atoms with Crippen LogP contribution >= 0.6 is 0 Å². The van der Waals surface area contributed by atoms with Crippen LogP contribution < -0.4 is 5.32 Å². The van der Waals surface area contributed by atoms with Crippen LogP contribution in [0, 0.1) is 0 Å². The van der Waals surface area contributed by atoms with Gasteiger partial charge in [-0.15, -0.1) is 0 Å². The minimum absolute atomic E-state index is 0.656. The molecule has 0 aliphatic rings. The van der Waals surface area contributed by atoms with Crippen molar-refractivity contribution in [3.63, 3.8) is 0 Å². The Morgan fingerprint density at radius 2 is 2.25 bits per heavy atom. The van der Waals surface area contributed by atoms with Crippen molar-refractivity contribution >= 4 is 0 Å². The number of aryl methyl sites for hydroxylation is 1. The Morgan fingerprint density at radius 3 is 2.94 bits per heavy atom. The zero-order valence-electron chi connectivity index (χ0n) is 10.1. The standard InChI is InChI=1S/C11H21N3O2/c1-3-14-10-11(9-13-14)8-12-4-5-16-7-6-15-2/h9-10,12H,3-8H2,1-2H3. The fraction of sp³-hybridized carbons (Fsp3) is 0.727. The molecule has 5 heteroatoms. The maximum atomic E-state index is 5.33. The van der Waals surface area contributed by atoms with Crippen molar-refractivity contribution in [2.75, 3.05) is 33.5 Å². The van der Waals surface area contributed by atoms with E-state index in [4.69, 9.17) is 9.47 Å². The average molecular weight is 227 g/mol.